The molecule has 0 saturated heterocycles. The van der Waals surface area contributed by atoms with Gasteiger partial charge in [0.05, 0.1) is 18.3 Å². The molecule has 116 valence electrons. The molecule has 21 heavy (non-hydrogen) atoms. The number of thioether (sulfide) groups is 1. The molecule has 0 bridgehead atoms. The van der Waals surface area contributed by atoms with Gasteiger partial charge < -0.3 is 9.64 Å². The van der Waals surface area contributed by atoms with Crippen molar-refractivity contribution in [1.29, 1.82) is 0 Å². The standard InChI is InChI=1S/C14H21N3O2S2/c1-3-19-12(18)7-5-9-20-14-13(15-21-16-14)11-6-4-8-17(2)10-11/h6H,3-5,7-10H2,1-2H3. The molecular weight excluding hydrogens is 306 g/mol. The molecule has 0 unspecified atom stereocenters. The number of likely N-dealkylation sites (N-methyl/N-ethyl adjacent to an activating group) is 1. The van der Waals surface area contributed by atoms with E-state index in [9.17, 15) is 4.79 Å². The zero-order valence-corrected chi connectivity index (χ0v) is 14.1. The third-order valence-electron chi connectivity index (χ3n) is 3.17. The average molecular weight is 327 g/mol. The molecule has 0 saturated carbocycles. The summed E-state index contributed by atoms with van der Waals surface area (Å²) in [4.78, 5) is 13.6. The van der Waals surface area contributed by atoms with Crippen molar-refractivity contribution in [3.8, 4) is 0 Å². The van der Waals surface area contributed by atoms with E-state index in [-0.39, 0.29) is 5.97 Å². The monoisotopic (exact) mass is 327 g/mol. The summed E-state index contributed by atoms with van der Waals surface area (Å²) in [6.45, 7) is 4.31. The fourth-order valence-corrected chi connectivity index (χ4v) is 3.81. The van der Waals surface area contributed by atoms with Crippen LogP contribution in [-0.2, 0) is 9.53 Å². The van der Waals surface area contributed by atoms with Gasteiger partial charge in [-0.2, -0.15) is 8.75 Å². The molecule has 0 atom stereocenters. The second kappa shape index (κ2) is 8.51. The van der Waals surface area contributed by atoms with E-state index in [1.807, 2.05) is 6.92 Å². The smallest absolute Gasteiger partial charge is 0.305 e. The first-order chi connectivity index (χ1) is 10.2. The second-order valence-corrected chi connectivity index (χ2v) is 6.54. The number of hydrogen-bond donors (Lipinski definition) is 0. The molecule has 0 aliphatic carbocycles. The summed E-state index contributed by atoms with van der Waals surface area (Å²) in [7, 11) is 2.12. The van der Waals surface area contributed by atoms with Gasteiger partial charge in [0, 0.05) is 25.3 Å². The van der Waals surface area contributed by atoms with E-state index in [2.05, 4.69) is 26.8 Å². The molecule has 5 nitrogen and oxygen atoms in total. The van der Waals surface area contributed by atoms with Gasteiger partial charge in [0.25, 0.3) is 0 Å². The third-order valence-corrected chi connectivity index (χ3v) is 4.87. The summed E-state index contributed by atoms with van der Waals surface area (Å²) in [5.41, 5.74) is 2.29. The highest BCUT2D eigenvalue weighted by Gasteiger charge is 2.17. The Kier molecular flexibility index (Phi) is 6.66. The molecule has 1 aliphatic heterocycles. The van der Waals surface area contributed by atoms with E-state index in [0.717, 1.165) is 42.4 Å². The van der Waals surface area contributed by atoms with Crippen molar-refractivity contribution in [2.75, 3.05) is 32.5 Å². The Labute approximate surface area is 134 Å². The van der Waals surface area contributed by atoms with Gasteiger partial charge in [-0.1, -0.05) is 6.08 Å². The van der Waals surface area contributed by atoms with Crippen molar-refractivity contribution in [3.63, 3.8) is 0 Å². The number of carbonyl (C=O) groups excluding carboxylic acids is 1. The zero-order valence-electron chi connectivity index (χ0n) is 12.5. The summed E-state index contributed by atoms with van der Waals surface area (Å²) in [6, 6.07) is 0. The van der Waals surface area contributed by atoms with E-state index in [0.29, 0.717) is 13.0 Å². The highest BCUT2D eigenvalue weighted by molar-refractivity contribution is 7.99. The fraction of sp³-hybridized carbons (Fsp3) is 0.643. The molecule has 1 aromatic rings. The first-order valence-electron chi connectivity index (χ1n) is 7.19. The molecular formula is C14H21N3O2S2. The Bertz CT molecular complexity index is 502. The molecule has 0 aromatic carbocycles. The van der Waals surface area contributed by atoms with Crippen molar-refractivity contribution in [2.24, 2.45) is 0 Å². The summed E-state index contributed by atoms with van der Waals surface area (Å²) in [6.07, 6.45) is 4.61. The Morgan fingerprint density at radius 2 is 2.38 bits per heavy atom. The summed E-state index contributed by atoms with van der Waals surface area (Å²) < 4.78 is 13.7. The molecule has 2 heterocycles. The Hall–Kier alpha value is -0.920. The predicted molar refractivity (Wildman–Crippen MR) is 86.6 cm³/mol. The van der Waals surface area contributed by atoms with Crippen molar-refractivity contribution in [1.82, 2.24) is 13.6 Å². The van der Waals surface area contributed by atoms with E-state index in [4.69, 9.17) is 4.74 Å². The first-order valence-corrected chi connectivity index (χ1v) is 8.91. The Morgan fingerprint density at radius 1 is 1.52 bits per heavy atom. The first kappa shape index (κ1) is 16.5. The minimum atomic E-state index is -0.119. The van der Waals surface area contributed by atoms with Crippen LogP contribution in [0.3, 0.4) is 0 Å². The average Bonchev–Trinajstić information content (AvgIpc) is 2.92. The number of carbonyl (C=O) groups is 1. The zero-order chi connectivity index (χ0) is 15.1. The van der Waals surface area contributed by atoms with Gasteiger partial charge in [-0.05, 0) is 32.4 Å². The quantitative estimate of drug-likeness (QED) is 0.436. The Morgan fingerprint density at radius 3 is 3.14 bits per heavy atom. The van der Waals surface area contributed by atoms with Crippen LogP contribution < -0.4 is 0 Å². The van der Waals surface area contributed by atoms with Crippen LogP contribution in [0.1, 0.15) is 31.9 Å². The van der Waals surface area contributed by atoms with Crippen LogP contribution >= 0.6 is 23.5 Å². The van der Waals surface area contributed by atoms with Gasteiger partial charge in [0.1, 0.15) is 10.7 Å². The number of esters is 1. The van der Waals surface area contributed by atoms with Crippen LogP contribution in [-0.4, -0.2) is 52.1 Å². The van der Waals surface area contributed by atoms with Crippen molar-refractivity contribution >= 4 is 35.0 Å². The van der Waals surface area contributed by atoms with E-state index < -0.39 is 0 Å². The lowest BCUT2D eigenvalue weighted by molar-refractivity contribution is -0.143. The van der Waals surface area contributed by atoms with Crippen molar-refractivity contribution in [2.45, 2.75) is 31.2 Å². The largest absolute Gasteiger partial charge is 0.466 e. The van der Waals surface area contributed by atoms with Crippen LogP contribution in [0.15, 0.2) is 11.1 Å². The van der Waals surface area contributed by atoms with Crippen LogP contribution in [0.4, 0.5) is 0 Å². The SMILES string of the molecule is CCOC(=O)CCCSc1nsnc1C1=CCCN(C)C1. The third kappa shape index (κ3) is 5.09. The topological polar surface area (TPSA) is 55.3 Å². The lowest BCUT2D eigenvalue weighted by Gasteiger charge is -2.22. The minimum absolute atomic E-state index is 0.119. The van der Waals surface area contributed by atoms with Crippen molar-refractivity contribution < 1.29 is 9.53 Å². The molecule has 0 N–H and O–H groups in total. The normalized spacial score (nSPS) is 15.8. The highest BCUT2D eigenvalue weighted by atomic mass is 32.2. The van der Waals surface area contributed by atoms with E-state index >= 15 is 0 Å². The van der Waals surface area contributed by atoms with Crippen LogP contribution in [0.5, 0.6) is 0 Å². The van der Waals surface area contributed by atoms with Gasteiger partial charge in [0.2, 0.25) is 0 Å². The van der Waals surface area contributed by atoms with Gasteiger partial charge in [-0.3, -0.25) is 4.79 Å². The van der Waals surface area contributed by atoms with E-state index in [1.54, 1.807) is 11.8 Å². The Balaban J connectivity index is 1.83. The molecule has 1 aromatic heterocycles. The number of ether oxygens (including phenoxy) is 1. The molecule has 1 aliphatic rings. The minimum Gasteiger partial charge on any atom is -0.466 e. The number of hydrogen-bond acceptors (Lipinski definition) is 7. The summed E-state index contributed by atoms with van der Waals surface area (Å²) in [5, 5.41) is 0.991. The molecule has 0 amide bonds. The fourth-order valence-electron chi connectivity index (χ4n) is 2.15. The summed E-state index contributed by atoms with van der Waals surface area (Å²) >= 11 is 2.94. The maximum absolute atomic E-state index is 11.3. The summed E-state index contributed by atoms with van der Waals surface area (Å²) in [5.74, 6) is 0.742. The van der Waals surface area contributed by atoms with E-state index in [1.165, 1.54) is 17.3 Å². The maximum atomic E-state index is 11.3. The molecule has 2 rings (SSSR count). The van der Waals surface area contributed by atoms with Crippen molar-refractivity contribution in [3.05, 3.63) is 11.8 Å². The highest BCUT2D eigenvalue weighted by Crippen LogP contribution is 2.29. The molecule has 0 spiro atoms. The predicted octanol–water partition coefficient (Wildman–Crippen LogP) is 2.69. The van der Waals surface area contributed by atoms with Crippen LogP contribution in [0, 0.1) is 0 Å². The van der Waals surface area contributed by atoms with Gasteiger partial charge in [-0.15, -0.1) is 11.8 Å². The van der Waals surface area contributed by atoms with Crippen LogP contribution in [0.2, 0.25) is 0 Å². The second-order valence-electron chi connectivity index (χ2n) is 4.93. The van der Waals surface area contributed by atoms with Crippen LogP contribution in [0.25, 0.3) is 5.57 Å². The lowest BCUT2D eigenvalue weighted by atomic mass is 10.1. The lowest BCUT2D eigenvalue weighted by Crippen LogP contribution is -2.25. The van der Waals surface area contributed by atoms with Gasteiger partial charge in [0.15, 0.2) is 0 Å². The molecule has 0 radical (unpaired) electrons. The molecule has 0 fully saturated rings. The van der Waals surface area contributed by atoms with Gasteiger partial charge in [-0.25, -0.2) is 0 Å². The number of rotatable bonds is 7. The maximum Gasteiger partial charge on any atom is 0.305 e. The number of aromatic nitrogens is 2. The van der Waals surface area contributed by atoms with Gasteiger partial charge >= 0.3 is 5.97 Å². The number of nitrogens with zero attached hydrogens (tertiary/aromatic N) is 3. The molecule has 7 heteroatoms.